The Morgan fingerprint density at radius 1 is 1.09 bits per heavy atom. The van der Waals surface area contributed by atoms with Crippen molar-refractivity contribution >= 4 is 34.1 Å². The number of aromatic nitrogens is 1. The molecule has 184 valence electrons. The summed E-state index contributed by atoms with van der Waals surface area (Å²) in [6.07, 6.45) is 1.67. The molecule has 0 spiro atoms. The van der Waals surface area contributed by atoms with Crippen molar-refractivity contribution in [2.75, 3.05) is 26.7 Å². The summed E-state index contributed by atoms with van der Waals surface area (Å²) in [6.45, 7) is 4.05. The number of carbonyl (C=O) groups excluding carboxylic acids is 2. The molecule has 1 aliphatic heterocycles. The first-order valence-corrected chi connectivity index (χ1v) is 12.8. The molecule has 2 amide bonds. The number of nitrogens with zero attached hydrogens (tertiary/aromatic N) is 2. The van der Waals surface area contributed by atoms with Crippen molar-refractivity contribution in [2.45, 2.75) is 32.5 Å². The highest BCUT2D eigenvalue weighted by Crippen LogP contribution is 2.40. The maximum absolute atomic E-state index is 12.6. The maximum Gasteiger partial charge on any atom is 0.410 e. The van der Waals surface area contributed by atoms with Crippen LogP contribution in [-0.2, 0) is 11.3 Å². The second-order valence-corrected chi connectivity index (χ2v) is 9.94. The molecule has 9 heteroatoms. The van der Waals surface area contributed by atoms with Gasteiger partial charge in [-0.1, -0.05) is 12.1 Å². The number of benzene rings is 2. The summed E-state index contributed by atoms with van der Waals surface area (Å²) >= 11 is 1.31. The normalized spacial score (nSPS) is 21.1. The SMILES string of the molecule is CCOc1ccc2ccc(O[C@@H]3C[C@@H]4CN(C(=O)OCc5nc(C(=O)NC)cs5)C[C@@H]4C3)cc2c1. The number of ether oxygens (including phenoxy) is 3. The predicted molar refractivity (Wildman–Crippen MR) is 133 cm³/mol. The number of amides is 2. The molecular weight excluding hydrogens is 466 g/mol. The molecular formula is C26H29N3O5S. The van der Waals surface area contributed by atoms with Gasteiger partial charge in [0.2, 0.25) is 0 Å². The van der Waals surface area contributed by atoms with Crippen LogP contribution in [0.5, 0.6) is 11.5 Å². The number of hydrogen-bond acceptors (Lipinski definition) is 7. The first-order valence-electron chi connectivity index (χ1n) is 11.9. The number of fused-ring (bicyclic) bond motifs is 2. The minimum absolute atomic E-state index is 0.0744. The van der Waals surface area contributed by atoms with Crippen molar-refractivity contribution < 1.29 is 23.8 Å². The van der Waals surface area contributed by atoms with Crippen molar-refractivity contribution in [1.29, 1.82) is 0 Å². The Kier molecular flexibility index (Phi) is 6.77. The molecule has 1 saturated heterocycles. The first kappa shape index (κ1) is 23.4. The number of nitrogens with one attached hydrogen (secondary N) is 1. The molecule has 1 aliphatic carbocycles. The van der Waals surface area contributed by atoms with Gasteiger partial charge in [-0.05, 0) is 66.6 Å². The van der Waals surface area contributed by atoms with E-state index < -0.39 is 0 Å². The van der Waals surface area contributed by atoms with Gasteiger partial charge in [0.1, 0.15) is 28.8 Å². The van der Waals surface area contributed by atoms with Crippen molar-refractivity contribution in [2.24, 2.45) is 11.8 Å². The van der Waals surface area contributed by atoms with Gasteiger partial charge in [-0.3, -0.25) is 4.79 Å². The Labute approximate surface area is 208 Å². The minimum Gasteiger partial charge on any atom is -0.494 e. The Balaban J connectivity index is 1.12. The molecule has 0 radical (unpaired) electrons. The Morgan fingerprint density at radius 2 is 1.80 bits per heavy atom. The quantitative estimate of drug-likeness (QED) is 0.520. The zero-order valence-electron chi connectivity index (χ0n) is 19.9. The molecule has 0 unspecified atom stereocenters. The summed E-state index contributed by atoms with van der Waals surface area (Å²) in [5.41, 5.74) is 0.339. The fourth-order valence-electron chi connectivity index (χ4n) is 5.04. The highest BCUT2D eigenvalue weighted by molar-refractivity contribution is 7.09. The lowest BCUT2D eigenvalue weighted by Crippen LogP contribution is -2.31. The van der Waals surface area contributed by atoms with Gasteiger partial charge in [0, 0.05) is 25.5 Å². The second kappa shape index (κ2) is 10.1. The lowest BCUT2D eigenvalue weighted by molar-refractivity contribution is 0.0956. The van der Waals surface area contributed by atoms with Crippen molar-refractivity contribution in [3.8, 4) is 11.5 Å². The molecule has 1 aromatic heterocycles. The molecule has 2 heterocycles. The highest BCUT2D eigenvalue weighted by Gasteiger charge is 2.43. The zero-order valence-corrected chi connectivity index (χ0v) is 20.7. The predicted octanol–water partition coefficient (Wildman–Crippen LogP) is 4.48. The van der Waals surface area contributed by atoms with E-state index in [1.807, 2.05) is 25.1 Å². The molecule has 8 nitrogen and oxygen atoms in total. The summed E-state index contributed by atoms with van der Waals surface area (Å²) in [7, 11) is 1.56. The van der Waals surface area contributed by atoms with Gasteiger partial charge in [-0.2, -0.15) is 0 Å². The van der Waals surface area contributed by atoms with E-state index >= 15 is 0 Å². The molecule has 2 fully saturated rings. The maximum atomic E-state index is 12.6. The highest BCUT2D eigenvalue weighted by atomic mass is 32.1. The smallest absolute Gasteiger partial charge is 0.410 e. The van der Waals surface area contributed by atoms with E-state index in [9.17, 15) is 9.59 Å². The van der Waals surface area contributed by atoms with Crippen LogP contribution in [0, 0.1) is 11.8 Å². The van der Waals surface area contributed by atoms with Gasteiger partial charge >= 0.3 is 6.09 Å². The molecule has 1 N–H and O–H groups in total. The number of likely N-dealkylation sites (tertiary alicyclic amines) is 1. The van der Waals surface area contributed by atoms with Crippen LogP contribution in [0.15, 0.2) is 41.8 Å². The third-order valence-corrected chi connectivity index (χ3v) is 7.52. The van der Waals surface area contributed by atoms with Gasteiger partial charge in [-0.15, -0.1) is 11.3 Å². The number of carbonyl (C=O) groups is 2. The van der Waals surface area contributed by atoms with Crippen LogP contribution in [0.4, 0.5) is 4.79 Å². The van der Waals surface area contributed by atoms with Crippen molar-refractivity contribution in [3.05, 3.63) is 52.5 Å². The zero-order chi connectivity index (χ0) is 24.4. The van der Waals surface area contributed by atoms with Crippen LogP contribution >= 0.6 is 11.3 Å². The number of hydrogen-bond donors (Lipinski definition) is 1. The Bertz CT molecular complexity index is 1210. The van der Waals surface area contributed by atoms with Crippen LogP contribution < -0.4 is 14.8 Å². The van der Waals surface area contributed by atoms with Crippen molar-refractivity contribution in [1.82, 2.24) is 15.2 Å². The van der Waals surface area contributed by atoms with E-state index in [2.05, 4.69) is 28.5 Å². The van der Waals surface area contributed by atoms with E-state index in [0.29, 0.717) is 42.2 Å². The van der Waals surface area contributed by atoms with E-state index in [-0.39, 0.29) is 24.7 Å². The van der Waals surface area contributed by atoms with E-state index in [1.54, 1.807) is 17.3 Å². The van der Waals surface area contributed by atoms with Gasteiger partial charge in [0.05, 0.1) is 12.7 Å². The lowest BCUT2D eigenvalue weighted by atomic mass is 10.0. The van der Waals surface area contributed by atoms with E-state index in [1.165, 1.54) is 11.3 Å². The third-order valence-electron chi connectivity index (χ3n) is 6.69. The average Bonchev–Trinajstić information content (AvgIpc) is 3.57. The molecule has 5 rings (SSSR count). The largest absolute Gasteiger partial charge is 0.494 e. The lowest BCUT2D eigenvalue weighted by Gasteiger charge is -2.20. The topological polar surface area (TPSA) is 90.0 Å². The first-order chi connectivity index (χ1) is 17.0. The van der Waals surface area contributed by atoms with Gasteiger partial charge in [0.15, 0.2) is 0 Å². The number of rotatable bonds is 7. The summed E-state index contributed by atoms with van der Waals surface area (Å²) in [5.74, 6) is 2.31. The van der Waals surface area contributed by atoms with Gasteiger partial charge in [0.25, 0.3) is 5.91 Å². The molecule has 2 aromatic carbocycles. The van der Waals surface area contributed by atoms with Gasteiger partial charge < -0.3 is 24.4 Å². The summed E-state index contributed by atoms with van der Waals surface area (Å²) in [6, 6.07) is 12.3. The van der Waals surface area contributed by atoms with Crippen LogP contribution in [-0.4, -0.2) is 54.7 Å². The monoisotopic (exact) mass is 495 g/mol. The van der Waals surface area contributed by atoms with Crippen LogP contribution in [0.3, 0.4) is 0 Å². The summed E-state index contributed by atoms with van der Waals surface area (Å²) in [4.78, 5) is 30.2. The van der Waals surface area contributed by atoms with E-state index in [4.69, 9.17) is 14.2 Å². The molecule has 3 atom stereocenters. The Hall–Kier alpha value is -3.33. The Morgan fingerprint density at radius 3 is 2.51 bits per heavy atom. The molecule has 1 saturated carbocycles. The molecule has 35 heavy (non-hydrogen) atoms. The van der Waals surface area contributed by atoms with Crippen molar-refractivity contribution in [3.63, 3.8) is 0 Å². The van der Waals surface area contributed by atoms with Crippen LogP contribution in [0.1, 0.15) is 35.3 Å². The summed E-state index contributed by atoms with van der Waals surface area (Å²) in [5, 5.41) is 7.06. The third kappa shape index (κ3) is 5.19. The molecule has 2 aliphatic rings. The molecule has 0 bridgehead atoms. The molecule has 3 aromatic rings. The number of thiazole rings is 1. The standard InChI is InChI=1S/C26H29N3O5S/c1-3-32-20-6-4-16-5-7-21(9-17(16)8-20)34-22-10-18-12-29(13-19(18)11-22)26(31)33-14-24-28-23(15-35-24)25(30)27-2/h4-9,15,18-19,22H,3,10-14H2,1-2H3,(H,27,30)/t18-,19+,22-. The average molecular weight is 496 g/mol. The fraction of sp³-hybridized carbons (Fsp3) is 0.423. The minimum atomic E-state index is -0.326. The van der Waals surface area contributed by atoms with Crippen LogP contribution in [0.2, 0.25) is 0 Å². The summed E-state index contributed by atoms with van der Waals surface area (Å²) < 4.78 is 17.4. The second-order valence-electron chi connectivity index (χ2n) is 9.00. The fourth-order valence-corrected chi connectivity index (χ4v) is 5.72. The van der Waals surface area contributed by atoms with Gasteiger partial charge in [-0.25, -0.2) is 9.78 Å². The van der Waals surface area contributed by atoms with Crippen LogP contribution in [0.25, 0.3) is 10.8 Å². The van der Waals surface area contributed by atoms with E-state index in [0.717, 1.165) is 35.1 Å².